The van der Waals surface area contributed by atoms with Gasteiger partial charge in [0, 0.05) is 90.7 Å². The Morgan fingerprint density at radius 3 is 2.30 bits per heavy atom. The summed E-state index contributed by atoms with van der Waals surface area (Å²) in [6.45, 7) is 3.42. The summed E-state index contributed by atoms with van der Waals surface area (Å²) < 4.78 is 16.8. The highest BCUT2D eigenvalue weighted by atomic mass is 32.2. The smallest absolute Gasteiger partial charge is 0.192 e. The van der Waals surface area contributed by atoms with E-state index in [9.17, 15) is 0 Å². The molecular formula is C21H25N3O7S2. The Hall–Kier alpha value is -2.03. The summed E-state index contributed by atoms with van der Waals surface area (Å²) in [4.78, 5) is 6.79. The number of anilines is 1. The van der Waals surface area contributed by atoms with Crippen molar-refractivity contribution in [3.63, 3.8) is 0 Å². The maximum absolute atomic E-state index is 8.29. The van der Waals surface area contributed by atoms with Gasteiger partial charge in [0.1, 0.15) is 5.52 Å². The number of aryl methyl sites for hydroxylation is 2. The molecule has 0 unspecified atom stereocenters. The minimum Gasteiger partial charge on any atom is -0.441 e. The molecule has 10 nitrogen and oxygen atoms in total. The summed E-state index contributed by atoms with van der Waals surface area (Å²) in [7, 11) is 2.05. The maximum atomic E-state index is 8.29. The molecule has 2 N–H and O–H groups in total. The van der Waals surface area contributed by atoms with Crippen LogP contribution in [-0.2, 0) is 25.8 Å². The second-order valence-corrected chi connectivity index (χ2v) is 9.01. The van der Waals surface area contributed by atoms with E-state index in [4.69, 9.17) is 14.9 Å². The Morgan fingerprint density at radius 2 is 1.64 bits per heavy atom. The topological polar surface area (TPSA) is 112 Å². The van der Waals surface area contributed by atoms with Crippen molar-refractivity contribution >= 4 is 62.7 Å². The van der Waals surface area contributed by atoms with Crippen LogP contribution >= 0.6 is 24.1 Å². The van der Waals surface area contributed by atoms with Gasteiger partial charge in [-0.05, 0) is 37.1 Å². The zero-order chi connectivity index (χ0) is 23.2. The van der Waals surface area contributed by atoms with Crippen LogP contribution in [0, 0.1) is 6.92 Å². The van der Waals surface area contributed by atoms with E-state index in [0.29, 0.717) is 17.4 Å². The molecule has 0 aliphatic heterocycles. The molecule has 0 fully saturated rings. The molecule has 0 radical (unpaired) electrons. The number of oxazole rings is 1. The zero-order valence-electron chi connectivity index (χ0n) is 18.2. The van der Waals surface area contributed by atoms with E-state index in [2.05, 4.69) is 64.5 Å². The molecule has 2 aromatic carbocycles. The van der Waals surface area contributed by atoms with E-state index >= 15 is 0 Å². The van der Waals surface area contributed by atoms with Crippen LogP contribution < -0.4 is 4.90 Å². The Balaban J connectivity index is 1.62. The van der Waals surface area contributed by atoms with E-state index in [0.717, 1.165) is 88.6 Å². The van der Waals surface area contributed by atoms with Gasteiger partial charge in [-0.1, -0.05) is 10.1 Å². The molecule has 0 atom stereocenters. The average molecular weight is 496 g/mol. The fourth-order valence-electron chi connectivity index (χ4n) is 4.04. The van der Waals surface area contributed by atoms with Crippen LogP contribution in [0.25, 0.3) is 32.9 Å². The highest BCUT2D eigenvalue weighted by Gasteiger charge is 2.15. The summed E-state index contributed by atoms with van der Waals surface area (Å²) in [5.74, 6) is 1.97. The number of fused-ring (bicyclic) bond motifs is 4. The van der Waals surface area contributed by atoms with E-state index in [1.807, 2.05) is 13.0 Å². The fraction of sp³-hybridized carbons (Fsp3) is 0.381. The number of aromatic nitrogens is 2. The third-order valence-corrected chi connectivity index (χ3v) is 6.66. The van der Waals surface area contributed by atoms with Gasteiger partial charge >= 0.3 is 0 Å². The molecular weight excluding hydrogens is 470 g/mol. The molecule has 0 saturated carbocycles. The van der Waals surface area contributed by atoms with Gasteiger partial charge in [0.05, 0.1) is 5.52 Å². The summed E-state index contributed by atoms with van der Waals surface area (Å²) >= 11 is 2.10. The predicted molar refractivity (Wildman–Crippen MR) is 129 cm³/mol. The van der Waals surface area contributed by atoms with Crippen molar-refractivity contribution in [2.75, 3.05) is 29.5 Å². The Bertz CT molecular complexity index is 1200. The molecule has 2 aromatic heterocycles. The summed E-state index contributed by atoms with van der Waals surface area (Å²) in [5, 5.41) is 26.1. The van der Waals surface area contributed by atoms with Gasteiger partial charge in [-0.2, -0.15) is 0 Å². The molecule has 178 valence electrons. The lowest BCUT2D eigenvalue weighted by molar-refractivity contribution is -0.432. The number of hydrogen-bond donors (Lipinski definition) is 2. The van der Waals surface area contributed by atoms with E-state index in [-0.39, 0.29) is 0 Å². The SMILES string of the molecule is Cc1nc2cc3c4cc(N(CCCSOOO)CCCSOOO)ccc4n(C)c3cc2o1. The number of benzene rings is 2. The van der Waals surface area contributed by atoms with Crippen LogP contribution in [0.4, 0.5) is 5.69 Å². The Morgan fingerprint density at radius 1 is 0.970 bits per heavy atom. The van der Waals surface area contributed by atoms with Crippen LogP contribution in [0.5, 0.6) is 0 Å². The second kappa shape index (κ2) is 11.4. The molecule has 12 heteroatoms. The lowest BCUT2D eigenvalue weighted by Crippen LogP contribution is -2.26. The first kappa shape index (κ1) is 24.1. The van der Waals surface area contributed by atoms with Gasteiger partial charge in [-0.3, -0.25) is 0 Å². The fourth-order valence-corrected chi connectivity index (χ4v) is 4.76. The number of hydrogen-bond acceptors (Lipinski definition) is 11. The van der Waals surface area contributed by atoms with Crippen LogP contribution in [0.2, 0.25) is 0 Å². The minimum atomic E-state index is 0.651. The number of nitrogens with zero attached hydrogens (tertiary/aromatic N) is 3. The van der Waals surface area contributed by atoms with Crippen LogP contribution in [0.3, 0.4) is 0 Å². The summed E-state index contributed by atoms with van der Waals surface area (Å²) in [5.41, 5.74) is 4.95. The monoisotopic (exact) mass is 495 g/mol. The van der Waals surface area contributed by atoms with Gasteiger partial charge in [0.2, 0.25) is 0 Å². The Labute approximate surface area is 198 Å². The lowest BCUT2D eigenvalue weighted by Gasteiger charge is -2.25. The van der Waals surface area contributed by atoms with Crippen molar-refractivity contribution in [1.82, 2.24) is 9.55 Å². The van der Waals surface area contributed by atoms with Crippen molar-refractivity contribution in [3.05, 3.63) is 36.2 Å². The first-order valence-corrected chi connectivity index (χ1v) is 12.2. The van der Waals surface area contributed by atoms with E-state index in [1.54, 1.807) is 0 Å². The van der Waals surface area contributed by atoms with Gasteiger partial charge in [0.25, 0.3) is 0 Å². The third kappa shape index (κ3) is 5.55. The minimum absolute atomic E-state index is 0.651. The first-order chi connectivity index (χ1) is 16.1. The van der Waals surface area contributed by atoms with Crippen molar-refractivity contribution in [2.45, 2.75) is 19.8 Å². The molecule has 0 amide bonds. The van der Waals surface area contributed by atoms with E-state index < -0.39 is 0 Å². The molecule has 0 bridgehead atoms. The second-order valence-electron chi connectivity index (χ2n) is 7.45. The molecule has 4 aromatic rings. The van der Waals surface area contributed by atoms with Crippen molar-refractivity contribution < 1.29 is 33.7 Å². The molecule has 0 aliphatic carbocycles. The van der Waals surface area contributed by atoms with Gasteiger partial charge in [-0.15, -0.1) is 8.67 Å². The van der Waals surface area contributed by atoms with Gasteiger partial charge < -0.3 is 13.9 Å². The zero-order valence-corrected chi connectivity index (χ0v) is 19.9. The average Bonchev–Trinajstić information content (AvgIpc) is 3.31. The summed E-state index contributed by atoms with van der Waals surface area (Å²) in [6, 6.07) is 10.6. The van der Waals surface area contributed by atoms with Gasteiger partial charge in [0.15, 0.2) is 11.5 Å². The normalized spacial score (nSPS) is 11.9. The first-order valence-electron chi connectivity index (χ1n) is 10.4. The standard InChI is InChI=1S/C21H25N3O7S2/c1-14-22-18-12-17-16-11-15(5-6-19(16)23(2)20(17)13-21(18)27-14)24(7-3-9-32-30-28-25)8-4-10-33-31-29-26/h5-6,11-13,25-26H,3-4,7-10H2,1-2H3. The predicted octanol–water partition coefficient (Wildman–Crippen LogP) is 5.51. The van der Waals surface area contributed by atoms with Gasteiger partial charge in [-0.25, -0.2) is 15.5 Å². The molecule has 0 spiro atoms. The van der Waals surface area contributed by atoms with Crippen LogP contribution in [0.1, 0.15) is 18.7 Å². The molecule has 0 saturated heterocycles. The van der Waals surface area contributed by atoms with Crippen LogP contribution in [-0.4, -0.2) is 44.7 Å². The van der Waals surface area contributed by atoms with E-state index in [1.165, 1.54) is 0 Å². The molecule has 4 rings (SSSR count). The maximum Gasteiger partial charge on any atom is 0.192 e. The van der Waals surface area contributed by atoms with Crippen molar-refractivity contribution in [3.8, 4) is 0 Å². The van der Waals surface area contributed by atoms with Crippen molar-refractivity contribution in [1.29, 1.82) is 0 Å². The highest BCUT2D eigenvalue weighted by Crippen LogP contribution is 2.34. The molecule has 33 heavy (non-hydrogen) atoms. The quantitative estimate of drug-likeness (QED) is 0.106. The lowest BCUT2D eigenvalue weighted by atomic mass is 10.1. The number of rotatable bonds is 13. The summed E-state index contributed by atoms with van der Waals surface area (Å²) in [6.07, 6.45) is 1.65. The van der Waals surface area contributed by atoms with Crippen LogP contribution in [0.15, 0.2) is 34.7 Å². The highest BCUT2D eigenvalue weighted by molar-refractivity contribution is 7.94. The molecule has 0 aliphatic rings. The van der Waals surface area contributed by atoms with Crippen molar-refractivity contribution in [2.24, 2.45) is 7.05 Å². The third-order valence-electron chi connectivity index (χ3n) is 5.44. The largest absolute Gasteiger partial charge is 0.441 e. The molecule has 2 heterocycles. The Kier molecular flexibility index (Phi) is 8.33.